The summed E-state index contributed by atoms with van der Waals surface area (Å²) < 4.78 is 46.8. The molecule has 2 aliphatic rings. The number of thiazole rings is 1. The van der Waals surface area contributed by atoms with Gasteiger partial charge in [-0.1, -0.05) is 17.4 Å². The fourth-order valence-corrected chi connectivity index (χ4v) is 5.65. The van der Waals surface area contributed by atoms with Gasteiger partial charge in [0.1, 0.15) is 5.75 Å². The quantitative estimate of drug-likeness (QED) is 0.475. The topological polar surface area (TPSA) is 89.8 Å². The minimum absolute atomic E-state index is 0.0568. The number of fused-ring (bicyclic) bond motifs is 1. The van der Waals surface area contributed by atoms with Crippen LogP contribution in [0.5, 0.6) is 5.75 Å². The van der Waals surface area contributed by atoms with Crippen LogP contribution in [0, 0.1) is 11.3 Å². The molecule has 2 amide bonds. The number of benzene rings is 2. The van der Waals surface area contributed by atoms with Crippen molar-refractivity contribution in [3.8, 4) is 11.8 Å². The Morgan fingerprint density at radius 2 is 1.97 bits per heavy atom. The Balaban J connectivity index is 1.40. The van der Waals surface area contributed by atoms with Crippen LogP contribution in [0.3, 0.4) is 0 Å². The summed E-state index contributed by atoms with van der Waals surface area (Å²) in [4.78, 5) is 34.9. The molecule has 8 nitrogen and oxygen atoms in total. The van der Waals surface area contributed by atoms with Gasteiger partial charge in [-0.3, -0.25) is 9.59 Å². The molecule has 12 heteroatoms. The van der Waals surface area contributed by atoms with Crippen LogP contribution in [0.15, 0.2) is 48.5 Å². The number of rotatable bonds is 5. The zero-order valence-corrected chi connectivity index (χ0v) is 21.1. The summed E-state index contributed by atoms with van der Waals surface area (Å²) in [7, 11) is 1.91. The van der Waals surface area contributed by atoms with Crippen LogP contribution in [0.2, 0.25) is 0 Å². The van der Waals surface area contributed by atoms with Crippen molar-refractivity contribution in [3.63, 3.8) is 0 Å². The van der Waals surface area contributed by atoms with E-state index in [1.54, 1.807) is 24.3 Å². The Labute approximate surface area is 220 Å². The number of nitriles is 1. The maximum atomic E-state index is 13.6. The van der Waals surface area contributed by atoms with E-state index in [1.165, 1.54) is 29.2 Å². The fourth-order valence-electron chi connectivity index (χ4n) is 4.44. The monoisotopic (exact) mass is 541 g/mol. The van der Waals surface area contributed by atoms with Gasteiger partial charge in [0, 0.05) is 49.1 Å². The predicted octanol–water partition coefficient (Wildman–Crippen LogP) is 4.41. The van der Waals surface area contributed by atoms with Crippen LogP contribution < -0.4 is 14.5 Å². The first kappa shape index (κ1) is 25.7. The van der Waals surface area contributed by atoms with Crippen LogP contribution >= 0.6 is 11.3 Å². The van der Waals surface area contributed by atoms with Gasteiger partial charge < -0.3 is 14.5 Å². The summed E-state index contributed by atoms with van der Waals surface area (Å²) in [6.45, 7) is 1.65. The van der Waals surface area contributed by atoms with E-state index in [-0.39, 0.29) is 22.5 Å². The number of ether oxygens (including phenoxy) is 1. The summed E-state index contributed by atoms with van der Waals surface area (Å²) in [5.41, 5.74) is 1.72. The lowest BCUT2D eigenvalue weighted by Gasteiger charge is -2.22. The number of hydrogen-bond acceptors (Lipinski definition) is 7. The second kappa shape index (κ2) is 10.1. The number of likely N-dealkylation sites (N-methyl/N-ethyl adjacent to an activating group) is 1. The zero-order chi connectivity index (χ0) is 27.0. The molecule has 0 radical (unpaired) electrons. The van der Waals surface area contributed by atoms with Gasteiger partial charge in [0.25, 0.3) is 5.91 Å². The van der Waals surface area contributed by atoms with Crippen molar-refractivity contribution >= 4 is 39.7 Å². The van der Waals surface area contributed by atoms with Gasteiger partial charge in [-0.05, 0) is 43.4 Å². The number of carbonyl (C=O) groups excluding carboxylic acids is 2. The number of carbonyl (C=O) groups is 2. The molecular formula is C26H22F3N5O3S. The van der Waals surface area contributed by atoms with Crippen molar-refractivity contribution in [2.75, 3.05) is 29.9 Å². The highest BCUT2D eigenvalue weighted by Crippen LogP contribution is 2.38. The van der Waals surface area contributed by atoms with Gasteiger partial charge >= 0.3 is 12.1 Å². The molecule has 196 valence electrons. The van der Waals surface area contributed by atoms with Gasteiger partial charge in [0.05, 0.1) is 23.0 Å². The Morgan fingerprint density at radius 1 is 1.21 bits per heavy atom. The third-order valence-corrected chi connectivity index (χ3v) is 7.43. The number of amides is 2. The number of nitrogens with zero attached hydrogens (tertiary/aromatic N) is 5. The van der Waals surface area contributed by atoms with Gasteiger partial charge in [-0.25, -0.2) is 9.88 Å². The molecule has 3 aromatic rings. The van der Waals surface area contributed by atoms with Crippen LogP contribution in [0.4, 0.5) is 29.7 Å². The molecule has 1 saturated heterocycles. The first-order chi connectivity index (χ1) is 18.1. The lowest BCUT2D eigenvalue weighted by molar-refractivity contribution is -0.169. The standard InChI is InChI=1S/C26H22F3N5O3S/c1-32-11-9-20-22(15-32)38-25(31-20)34(24(36)26(27,28)29)18-3-2-4-19(13-18)37-21-10-12-33(23(21)35)17-7-5-16(14-30)6-8-17/h2-8,13,21H,9-12,15H2,1H3. The minimum Gasteiger partial charge on any atom is -0.480 e. The number of anilines is 3. The summed E-state index contributed by atoms with van der Waals surface area (Å²) in [6.07, 6.45) is -5.03. The van der Waals surface area contributed by atoms with E-state index < -0.39 is 18.2 Å². The SMILES string of the molecule is CN1CCc2nc(N(C(=O)C(F)(F)F)c3cccc(OC4CCN(c5ccc(C#N)cc5)C4=O)c3)sc2C1. The molecule has 5 rings (SSSR count). The average Bonchev–Trinajstić information content (AvgIpc) is 3.46. The molecule has 2 aromatic carbocycles. The maximum Gasteiger partial charge on any atom is 0.472 e. The molecule has 0 spiro atoms. The van der Waals surface area contributed by atoms with Crippen molar-refractivity contribution < 1.29 is 27.5 Å². The van der Waals surface area contributed by atoms with E-state index in [0.29, 0.717) is 47.8 Å². The highest BCUT2D eigenvalue weighted by molar-refractivity contribution is 7.16. The Morgan fingerprint density at radius 3 is 2.68 bits per heavy atom. The van der Waals surface area contributed by atoms with Crippen molar-refractivity contribution in [1.29, 1.82) is 5.26 Å². The summed E-state index contributed by atoms with van der Waals surface area (Å²) in [6, 6.07) is 14.3. The second-order valence-electron chi connectivity index (χ2n) is 9.03. The predicted molar refractivity (Wildman–Crippen MR) is 134 cm³/mol. The van der Waals surface area contributed by atoms with Gasteiger partial charge in [-0.15, -0.1) is 0 Å². The van der Waals surface area contributed by atoms with Crippen LogP contribution in [0.1, 0.15) is 22.6 Å². The first-order valence-corrected chi connectivity index (χ1v) is 12.6. The number of aromatic nitrogens is 1. The molecule has 3 heterocycles. The van der Waals surface area contributed by atoms with E-state index in [1.807, 2.05) is 18.0 Å². The van der Waals surface area contributed by atoms with Gasteiger partial charge in [0.15, 0.2) is 11.2 Å². The van der Waals surface area contributed by atoms with Crippen molar-refractivity contribution in [2.24, 2.45) is 0 Å². The smallest absolute Gasteiger partial charge is 0.472 e. The molecule has 1 aromatic heterocycles. The highest BCUT2D eigenvalue weighted by Gasteiger charge is 2.45. The molecule has 0 N–H and O–H groups in total. The summed E-state index contributed by atoms with van der Waals surface area (Å²) in [5, 5.41) is 8.91. The zero-order valence-electron chi connectivity index (χ0n) is 20.2. The van der Waals surface area contributed by atoms with E-state index in [2.05, 4.69) is 4.98 Å². The lowest BCUT2D eigenvalue weighted by Crippen LogP contribution is -2.38. The number of hydrogen-bond donors (Lipinski definition) is 0. The van der Waals surface area contributed by atoms with Gasteiger partial charge in [0.2, 0.25) is 0 Å². The summed E-state index contributed by atoms with van der Waals surface area (Å²) in [5.74, 6) is -2.21. The van der Waals surface area contributed by atoms with Crippen molar-refractivity contribution in [1.82, 2.24) is 9.88 Å². The number of alkyl halides is 3. The van der Waals surface area contributed by atoms with E-state index >= 15 is 0 Å². The van der Waals surface area contributed by atoms with Crippen molar-refractivity contribution in [3.05, 3.63) is 64.7 Å². The Hall–Kier alpha value is -3.95. The highest BCUT2D eigenvalue weighted by atomic mass is 32.1. The van der Waals surface area contributed by atoms with E-state index in [9.17, 15) is 22.8 Å². The minimum atomic E-state index is -5.12. The van der Waals surface area contributed by atoms with E-state index in [4.69, 9.17) is 10.00 Å². The lowest BCUT2D eigenvalue weighted by atomic mass is 10.2. The Kier molecular flexibility index (Phi) is 6.81. The summed E-state index contributed by atoms with van der Waals surface area (Å²) >= 11 is 1.06. The molecular weight excluding hydrogens is 519 g/mol. The Bertz CT molecular complexity index is 1420. The van der Waals surface area contributed by atoms with Crippen LogP contribution in [-0.2, 0) is 22.6 Å². The second-order valence-corrected chi connectivity index (χ2v) is 10.1. The molecule has 38 heavy (non-hydrogen) atoms. The molecule has 0 aliphatic carbocycles. The average molecular weight is 542 g/mol. The normalized spacial score (nSPS) is 17.7. The molecule has 1 unspecified atom stereocenters. The number of halogens is 3. The molecule has 0 saturated carbocycles. The molecule has 2 aliphatic heterocycles. The van der Waals surface area contributed by atoms with Gasteiger partial charge in [-0.2, -0.15) is 18.4 Å². The molecule has 0 bridgehead atoms. The van der Waals surface area contributed by atoms with E-state index in [0.717, 1.165) is 22.8 Å². The van der Waals surface area contributed by atoms with Crippen LogP contribution in [-0.4, -0.2) is 54.1 Å². The molecule has 1 atom stereocenters. The van der Waals surface area contributed by atoms with Crippen molar-refractivity contribution in [2.45, 2.75) is 31.7 Å². The third-order valence-electron chi connectivity index (χ3n) is 6.37. The largest absolute Gasteiger partial charge is 0.480 e. The first-order valence-electron chi connectivity index (χ1n) is 11.8. The fraction of sp³-hybridized carbons (Fsp3) is 0.308. The third kappa shape index (κ3) is 5.07. The molecule has 1 fully saturated rings. The van der Waals surface area contributed by atoms with Crippen LogP contribution in [0.25, 0.3) is 0 Å². The maximum absolute atomic E-state index is 13.6.